The highest BCUT2D eigenvalue weighted by Crippen LogP contribution is 2.39. The van der Waals surface area contributed by atoms with Crippen LogP contribution in [0, 0.1) is 5.41 Å². The molecule has 5 nitrogen and oxygen atoms in total. The number of rotatable bonds is 8. The van der Waals surface area contributed by atoms with Gasteiger partial charge in [0, 0.05) is 13.5 Å². The second-order valence-electron chi connectivity index (χ2n) is 5.83. The summed E-state index contributed by atoms with van der Waals surface area (Å²) < 4.78 is 5.09. The third-order valence-corrected chi connectivity index (χ3v) is 4.13. The number of carbonyl (C=O) groups excluding carboxylic acids is 1. The standard InChI is InChI=1S/C15H27NO4/c1-3-7-12(11-20-2)16-13(17)10-15(14(18)19)8-5-4-6-9-15/h12H,3-11H2,1-2H3,(H,16,17)(H,18,19). The molecule has 0 saturated heterocycles. The Morgan fingerprint density at radius 1 is 1.30 bits per heavy atom. The summed E-state index contributed by atoms with van der Waals surface area (Å²) in [5, 5.41) is 12.4. The number of carboxylic acid groups (broad SMARTS) is 1. The summed E-state index contributed by atoms with van der Waals surface area (Å²) in [5.74, 6) is -0.990. The van der Waals surface area contributed by atoms with Crippen molar-refractivity contribution in [1.29, 1.82) is 0 Å². The number of hydrogen-bond donors (Lipinski definition) is 2. The summed E-state index contributed by atoms with van der Waals surface area (Å²) in [6.07, 6.45) is 5.98. The predicted molar refractivity (Wildman–Crippen MR) is 76.5 cm³/mol. The highest BCUT2D eigenvalue weighted by atomic mass is 16.5. The number of amides is 1. The van der Waals surface area contributed by atoms with E-state index in [0.717, 1.165) is 32.1 Å². The fraction of sp³-hybridized carbons (Fsp3) is 0.867. The first-order chi connectivity index (χ1) is 9.54. The summed E-state index contributed by atoms with van der Waals surface area (Å²) in [5.41, 5.74) is -0.855. The SMILES string of the molecule is CCCC(COC)NC(=O)CC1(C(=O)O)CCCCC1. The van der Waals surface area contributed by atoms with E-state index in [9.17, 15) is 14.7 Å². The smallest absolute Gasteiger partial charge is 0.310 e. The molecular formula is C15H27NO4. The molecule has 1 aliphatic carbocycles. The van der Waals surface area contributed by atoms with Gasteiger partial charge in [-0.25, -0.2) is 0 Å². The summed E-state index contributed by atoms with van der Waals surface area (Å²) in [7, 11) is 1.61. The zero-order valence-corrected chi connectivity index (χ0v) is 12.6. The molecule has 0 heterocycles. The van der Waals surface area contributed by atoms with Crippen LogP contribution in [-0.4, -0.2) is 36.7 Å². The molecule has 0 aromatic rings. The molecule has 0 aromatic carbocycles. The normalized spacial score (nSPS) is 19.3. The van der Waals surface area contributed by atoms with Crippen LogP contribution in [0.2, 0.25) is 0 Å². The first-order valence-corrected chi connectivity index (χ1v) is 7.56. The number of hydrogen-bond acceptors (Lipinski definition) is 3. The second-order valence-corrected chi connectivity index (χ2v) is 5.83. The van der Waals surface area contributed by atoms with Gasteiger partial charge in [0.25, 0.3) is 0 Å². The van der Waals surface area contributed by atoms with E-state index in [1.807, 2.05) is 0 Å². The quantitative estimate of drug-likeness (QED) is 0.717. The third-order valence-electron chi connectivity index (χ3n) is 4.13. The Hall–Kier alpha value is -1.10. The lowest BCUT2D eigenvalue weighted by molar-refractivity contribution is -0.154. The van der Waals surface area contributed by atoms with Crippen LogP contribution in [0.5, 0.6) is 0 Å². The van der Waals surface area contributed by atoms with Gasteiger partial charge in [-0.15, -0.1) is 0 Å². The largest absolute Gasteiger partial charge is 0.481 e. The monoisotopic (exact) mass is 285 g/mol. The Kier molecular flexibility index (Phi) is 6.99. The maximum Gasteiger partial charge on any atom is 0.310 e. The van der Waals surface area contributed by atoms with Crippen LogP contribution in [0.1, 0.15) is 58.3 Å². The highest BCUT2D eigenvalue weighted by molar-refractivity contribution is 5.85. The number of carboxylic acids is 1. The Bertz CT molecular complexity index is 318. The third kappa shape index (κ3) is 4.78. The Labute approximate surface area is 121 Å². The van der Waals surface area contributed by atoms with E-state index < -0.39 is 11.4 Å². The average molecular weight is 285 g/mol. The van der Waals surface area contributed by atoms with Crippen LogP contribution in [0.15, 0.2) is 0 Å². The van der Waals surface area contributed by atoms with Crippen LogP contribution in [-0.2, 0) is 14.3 Å². The van der Waals surface area contributed by atoms with Gasteiger partial charge in [-0.05, 0) is 19.3 Å². The summed E-state index contributed by atoms with van der Waals surface area (Å²) in [6.45, 7) is 2.52. The van der Waals surface area contributed by atoms with Gasteiger partial charge in [-0.1, -0.05) is 32.6 Å². The Morgan fingerprint density at radius 2 is 1.95 bits per heavy atom. The van der Waals surface area contributed by atoms with Crippen molar-refractivity contribution in [2.75, 3.05) is 13.7 Å². The molecule has 1 amide bonds. The molecule has 1 fully saturated rings. The maximum absolute atomic E-state index is 12.2. The van der Waals surface area contributed by atoms with Crippen LogP contribution >= 0.6 is 0 Å². The van der Waals surface area contributed by atoms with Crippen molar-refractivity contribution in [2.24, 2.45) is 5.41 Å². The predicted octanol–water partition coefficient (Wildman–Crippen LogP) is 2.34. The molecule has 1 atom stereocenters. The van der Waals surface area contributed by atoms with Crippen molar-refractivity contribution in [1.82, 2.24) is 5.32 Å². The van der Waals surface area contributed by atoms with Gasteiger partial charge in [-0.3, -0.25) is 9.59 Å². The molecule has 2 N–H and O–H groups in total. The van der Waals surface area contributed by atoms with Gasteiger partial charge >= 0.3 is 5.97 Å². The van der Waals surface area contributed by atoms with E-state index in [4.69, 9.17) is 4.74 Å². The lowest BCUT2D eigenvalue weighted by atomic mass is 9.71. The highest BCUT2D eigenvalue weighted by Gasteiger charge is 2.41. The molecule has 20 heavy (non-hydrogen) atoms. The molecule has 0 radical (unpaired) electrons. The van der Waals surface area contributed by atoms with Gasteiger partial charge in [0.05, 0.1) is 18.1 Å². The summed E-state index contributed by atoms with van der Waals surface area (Å²) in [6, 6.07) is -0.0214. The van der Waals surface area contributed by atoms with E-state index >= 15 is 0 Å². The van der Waals surface area contributed by atoms with Crippen LogP contribution in [0.4, 0.5) is 0 Å². The molecule has 5 heteroatoms. The van der Waals surface area contributed by atoms with Gasteiger partial charge in [0.2, 0.25) is 5.91 Å². The first-order valence-electron chi connectivity index (χ1n) is 7.56. The van der Waals surface area contributed by atoms with E-state index in [-0.39, 0.29) is 18.4 Å². The second kappa shape index (κ2) is 8.25. The van der Waals surface area contributed by atoms with Crippen LogP contribution < -0.4 is 5.32 Å². The zero-order valence-electron chi connectivity index (χ0n) is 12.6. The number of aliphatic carboxylic acids is 1. The van der Waals surface area contributed by atoms with Crippen molar-refractivity contribution >= 4 is 11.9 Å². The lowest BCUT2D eigenvalue weighted by Gasteiger charge is -2.33. The van der Waals surface area contributed by atoms with Crippen molar-refractivity contribution in [3.8, 4) is 0 Å². The van der Waals surface area contributed by atoms with Crippen LogP contribution in [0.3, 0.4) is 0 Å². The number of carbonyl (C=O) groups is 2. The van der Waals surface area contributed by atoms with Gasteiger partial charge in [0.15, 0.2) is 0 Å². The minimum Gasteiger partial charge on any atom is -0.481 e. The van der Waals surface area contributed by atoms with E-state index in [1.54, 1.807) is 7.11 Å². The van der Waals surface area contributed by atoms with Crippen molar-refractivity contribution in [3.05, 3.63) is 0 Å². The maximum atomic E-state index is 12.2. The Morgan fingerprint density at radius 3 is 2.45 bits per heavy atom. The molecule has 1 unspecified atom stereocenters. The molecule has 1 aliphatic rings. The van der Waals surface area contributed by atoms with E-state index in [1.165, 1.54) is 0 Å². The fourth-order valence-corrected chi connectivity index (χ4v) is 3.03. The van der Waals surface area contributed by atoms with Gasteiger partial charge in [0.1, 0.15) is 0 Å². The zero-order chi connectivity index (χ0) is 15.0. The molecule has 116 valence electrons. The average Bonchev–Trinajstić information content (AvgIpc) is 2.40. The van der Waals surface area contributed by atoms with Gasteiger partial charge < -0.3 is 15.2 Å². The lowest BCUT2D eigenvalue weighted by Crippen LogP contribution is -2.43. The molecule has 0 aromatic heterocycles. The minimum atomic E-state index is -0.855. The first kappa shape index (κ1) is 17.0. The molecule has 1 saturated carbocycles. The molecule has 0 bridgehead atoms. The summed E-state index contributed by atoms with van der Waals surface area (Å²) >= 11 is 0. The molecule has 0 aliphatic heterocycles. The van der Waals surface area contributed by atoms with Crippen molar-refractivity contribution < 1.29 is 19.4 Å². The fourth-order valence-electron chi connectivity index (χ4n) is 3.03. The molecular weight excluding hydrogens is 258 g/mol. The number of ether oxygens (including phenoxy) is 1. The minimum absolute atomic E-state index is 0.0214. The van der Waals surface area contributed by atoms with Crippen LogP contribution in [0.25, 0.3) is 0 Å². The van der Waals surface area contributed by atoms with E-state index in [2.05, 4.69) is 12.2 Å². The number of nitrogens with one attached hydrogen (secondary N) is 1. The summed E-state index contributed by atoms with van der Waals surface area (Å²) in [4.78, 5) is 23.7. The van der Waals surface area contributed by atoms with Crippen molar-refractivity contribution in [3.63, 3.8) is 0 Å². The molecule has 0 spiro atoms. The van der Waals surface area contributed by atoms with Gasteiger partial charge in [-0.2, -0.15) is 0 Å². The Balaban J connectivity index is 2.59. The number of methoxy groups -OCH3 is 1. The van der Waals surface area contributed by atoms with E-state index in [0.29, 0.717) is 19.4 Å². The molecule has 1 rings (SSSR count). The van der Waals surface area contributed by atoms with Crippen molar-refractivity contribution in [2.45, 2.75) is 64.3 Å². The topological polar surface area (TPSA) is 75.6 Å².